The van der Waals surface area contributed by atoms with Gasteiger partial charge in [0.2, 0.25) is 5.91 Å². The number of hydrogen-bond acceptors (Lipinski definition) is 3. The van der Waals surface area contributed by atoms with Crippen LogP contribution in [0, 0.1) is 11.3 Å². The highest BCUT2D eigenvalue weighted by molar-refractivity contribution is 5.77. The molecule has 0 saturated carbocycles. The molecule has 0 fully saturated rings. The van der Waals surface area contributed by atoms with Crippen molar-refractivity contribution in [2.75, 3.05) is 19.8 Å². The average molecular weight is 259 g/mol. The van der Waals surface area contributed by atoms with E-state index in [1.54, 1.807) is 13.8 Å². The molecule has 0 aliphatic rings. The smallest absolute Gasteiger partial charge is 0.303 e. The van der Waals surface area contributed by atoms with Gasteiger partial charge < -0.3 is 15.2 Å². The zero-order valence-electron chi connectivity index (χ0n) is 11.8. The Morgan fingerprint density at radius 2 is 1.89 bits per heavy atom. The second-order valence-corrected chi connectivity index (χ2v) is 5.73. The highest BCUT2D eigenvalue weighted by Gasteiger charge is 2.24. The second-order valence-electron chi connectivity index (χ2n) is 5.73. The van der Waals surface area contributed by atoms with Crippen molar-refractivity contribution in [2.24, 2.45) is 11.3 Å². The molecule has 0 heterocycles. The molecule has 0 aromatic rings. The summed E-state index contributed by atoms with van der Waals surface area (Å²) in [5.41, 5.74) is -0.519. The van der Waals surface area contributed by atoms with Crippen molar-refractivity contribution in [3.8, 4) is 0 Å². The van der Waals surface area contributed by atoms with Gasteiger partial charge >= 0.3 is 5.97 Å². The number of carboxylic acid groups (broad SMARTS) is 1. The standard InChI is InChI=1S/C13H25NO4/c1-10(2)9-18-6-5-14-11(15)7-13(3,4)8-12(16)17/h10H,5-9H2,1-4H3,(H,14,15)(H,16,17). The van der Waals surface area contributed by atoms with Gasteiger partial charge in [-0.3, -0.25) is 9.59 Å². The van der Waals surface area contributed by atoms with Crippen LogP contribution in [0.2, 0.25) is 0 Å². The summed E-state index contributed by atoms with van der Waals surface area (Å²) >= 11 is 0. The molecular formula is C13H25NO4. The minimum Gasteiger partial charge on any atom is -0.481 e. The normalized spacial score (nSPS) is 11.6. The Kier molecular flexibility index (Phi) is 7.59. The molecule has 2 N–H and O–H groups in total. The Balaban J connectivity index is 3.74. The SMILES string of the molecule is CC(C)COCCNC(=O)CC(C)(C)CC(=O)O. The number of nitrogens with one attached hydrogen (secondary N) is 1. The minimum atomic E-state index is -0.881. The van der Waals surface area contributed by atoms with Crippen LogP contribution in [0.4, 0.5) is 0 Å². The molecule has 0 atom stereocenters. The molecule has 0 aliphatic carbocycles. The number of carbonyl (C=O) groups is 2. The Morgan fingerprint density at radius 3 is 2.39 bits per heavy atom. The van der Waals surface area contributed by atoms with Gasteiger partial charge in [0.25, 0.3) is 0 Å². The van der Waals surface area contributed by atoms with Crippen LogP contribution >= 0.6 is 0 Å². The maximum absolute atomic E-state index is 11.6. The number of rotatable bonds is 9. The molecule has 0 bridgehead atoms. The topological polar surface area (TPSA) is 75.6 Å². The molecule has 0 radical (unpaired) electrons. The summed E-state index contributed by atoms with van der Waals surface area (Å²) in [5, 5.41) is 11.4. The van der Waals surface area contributed by atoms with Gasteiger partial charge in [0.15, 0.2) is 0 Å². The van der Waals surface area contributed by atoms with Crippen molar-refractivity contribution in [1.82, 2.24) is 5.32 Å². The highest BCUT2D eigenvalue weighted by Crippen LogP contribution is 2.24. The van der Waals surface area contributed by atoms with Gasteiger partial charge in [0.1, 0.15) is 0 Å². The van der Waals surface area contributed by atoms with Crippen molar-refractivity contribution in [3.05, 3.63) is 0 Å². The first kappa shape index (κ1) is 16.9. The van der Waals surface area contributed by atoms with Gasteiger partial charge in [0, 0.05) is 19.6 Å². The molecule has 0 spiro atoms. The number of ether oxygens (including phenoxy) is 1. The average Bonchev–Trinajstić information content (AvgIpc) is 2.13. The molecular weight excluding hydrogens is 234 g/mol. The fourth-order valence-corrected chi connectivity index (χ4v) is 1.55. The summed E-state index contributed by atoms with van der Waals surface area (Å²) in [4.78, 5) is 22.2. The molecule has 106 valence electrons. The molecule has 0 rings (SSSR count). The van der Waals surface area contributed by atoms with Gasteiger partial charge in [-0.05, 0) is 11.3 Å². The zero-order chi connectivity index (χ0) is 14.2. The van der Waals surface area contributed by atoms with Crippen LogP contribution in [0.5, 0.6) is 0 Å². The molecule has 5 nitrogen and oxygen atoms in total. The summed E-state index contributed by atoms with van der Waals surface area (Å²) in [6.45, 7) is 9.31. The third-order valence-electron chi connectivity index (χ3n) is 2.29. The molecule has 0 unspecified atom stereocenters. The first-order chi connectivity index (χ1) is 8.23. The Hall–Kier alpha value is -1.10. The van der Waals surface area contributed by atoms with Gasteiger partial charge in [0.05, 0.1) is 13.0 Å². The van der Waals surface area contributed by atoms with E-state index in [9.17, 15) is 9.59 Å². The molecule has 0 aromatic heterocycles. The summed E-state index contributed by atoms with van der Waals surface area (Å²) in [6.07, 6.45) is 0.202. The fraction of sp³-hybridized carbons (Fsp3) is 0.846. The van der Waals surface area contributed by atoms with E-state index in [-0.39, 0.29) is 18.7 Å². The lowest BCUT2D eigenvalue weighted by Gasteiger charge is -2.21. The first-order valence-electron chi connectivity index (χ1n) is 6.29. The van der Waals surface area contributed by atoms with Crippen molar-refractivity contribution >= 4 is 11.9 Å². The van der Waals surface area contributed by atoms with Crippen LogP contribution in [0.3, 0.4) is 0 Å². The fourth-order valence-electron chi connectivity index (χ4n) is 1.55. The Morgan fingerprint density at radius 1 is 1.28 bits per heavy atom. The van der Waals surface area contributed by atoms with Gasteiger partial charge in [-0.25, -0.2) is 0 Å². The molecule has 5 heteroatoms. The van der Waals surface area contributed by atoms with Crippen LogP contribution in [0.25, 0.3) is 0 Å². The third kappa shape index (κ3) is 10.1. The minimum absolute atomic E-state index is 0.00965. The van der Waals surface area contributed by atoms with E-state index in [0.717, 1.165) is 0 Å². The molecule has 0 aliphatic heterocycles. The number of carbonyl (C=O) groups excluding carboxylic acids is 1. The van der Waals surface area contributed by atoms with Crippen molar-refractivity contribution in [3.63, 3.8) is 0 Å². The predicted octanol–water partition coefficient (Wildman–Crippen LogP) is 1.67. The predicted molar refractivity (Wildman–Crippen MR) is 69.3 cm³/mol. The highest BCUT2D eigenvalue weighted by atomic mass is 16.5. The first-order valence-corrected chi connectivity index (χ1v) is 6.29. The lowest BCUT2D eigenvalue weighted by atomic mass is 9.85. The largest absolute Gasteiger partial charge is 0.481 e. The van der Waals surface area contributed by atoms with E-state index in [0.29, 0.717) is 25.7 Å². The number of aliphatic carboxylic acids is 1. The van der Waals surface area contributed by atoms with Crippen molar-refractivity contribution in [1.29, 1.82) is 0 Å². The molecule has 0 saturated heterocycles. The lowest BCUT2D eigenvalue weighted by molar-refractivity contribution is -0.139. The Bertz CT molecular complexity index is 274. The maximum atomic E-state index is 11.6. The summed E-state index contributed by atoms with van der Waals surface area (Å²) < 4.78 is 5.33. The number of hydrogen-bond donors (Lipinski definition) is 2. The van der Waals surface area contributed by atoms with E-state index in [2.05, 4.69) is 19.2 Å². The van der Waals surface area contributed by atoms with Gasteiger partial charge in [-0.15, -0.1) is 0 Å². The lowest BCUT2D eigenvalue weighted by Crippen LogP contribution is -2.32. The van der Waals surface area contributed by atoms with Crippen molar-refractivity contribution in [2.45, 2.75) is 40.5 Å². The summed E-state index contributed by atoms with van der Waals surface area (Å²) in [6, 6.07) is 0. The number of carboxylic acids is 1. The number of amides is 1. The summed E-state index contributed by atoms with van der Waals surface area (Å²) in [7, 11) is 0. The van der Waals surface area contributed by atoms with E-state index in [1.165, 1.54) is 0 Å². The van der Waals surface area contributed by atoms with Crippen LogP contribution in [-0.2, 0) is 14.3 Å². The molecule has 18 heavy (non-hydrogen) atoms. The van der Waals surface area contributed by atoms with Gasteiger partial charge in [-0.1, -0.05) is 27.7 Å². The van der Waals surface area contributed by atoms with E-state index in [4.69, 9.17) is 9.84 Å². The Labute approximate surface area is 109 Å². The van der Waals surface area contributed by atoms with Crippen LogP contribution in [0.1, 0.15) is 40.5 Å². The zero-order valence-corrected chi connectivity index (χ0v) is 11.8. The van der Waals surface area contributed by atoms with Crippen LogP contribution in [-0.4, -0.2) is 36.7 Å². The summed E-state index contributed by atoms with van der Waals surface area (Å²) in [5.74, 6) is -0.530. The maximum Gasteiger partial charge on any atom is 0.303 e. The van der Waals surface area contributed by atoms with Crippen LogP contribution in [0.15, 0.2) is 0 Å². The van der Waals surface area contributed by atoms with E-state index < -0.39 is 11.4 Å². The van der Waals surface area contributed by atoms with Crippen molar-refractivity contribution < 1.29 is 19.4 Å². The monoisotopic (exact) mass is 259 g/mol. The molecule has 1 amide bonds. The third-order valence-corrected chi connectivity index (χ3v) is 2.29. The van der Waals surface area contributed by atoms with Gasteiger partial charge in [-0.2, -0.15) is 0 Å². The second kappa shape index (κ2) is 8.08. The molecule has 0 aromatic carbocycles. The van der Waals surface area contributed by atoms with E-state index in [1.807, 2.05) is 0 Å². The van der Waals surface area contributed by atoms with Crippen LogP contribution < -0.4 is 5.32 Å². The quantitative estimate of drug-likeness (QED) is 0.618. The van der Waals surface area contributed by atoms with E-state index >= 15 is 0 Å².